The molecule has 0 radical (unpaired) electrons. The summed E-state index contributed by atoms with van der Waals surface area (Å²) < 4.78 is 0. The van der Waals surface area contributed by atoms with Gasteiger partial charge in [0.15, 0.2) is 5.82 Å². The van der Waals surface area contributed by atoms with Crippen LogP contribution in [0.25, 0.3) is 0 Å². The van der Waals surface area contributed by atoms with E-state index in [1.807, 2.05) is 46.1 Å². The van der Waals surface area contributed by atoms with Gasteiger partial charge in [0.25, 0.3) is 5.91 Å². The van der Waals surface area contributed by atoms with E-state index in [0.717, 1.165) is 48.6 Å². The fourth-order valence-corrected chi connectivity index (χ4v) is 5.09. The Morgan fingerprint density at radius 2 is 1.97 bits per heavy atom. The first-order valence-corrected chi connectivity index (χ1v) is 13.0. The number of carbonyl (C=O) groups excluding carboxylic acids is 2. The van der Waals surface area contributed by atoms with Crippen molar-refractivity contribution in [1.29, 1.82) is 0 Å². The van der Waals surface area contributed by atoms with Crippen LogP contribution in [-0.4, -0.2) is 73.5 Å². The standard InChI is InChI=1S/C27H39N7O2/c1-18-15-20(25(35)28-13-8-14-32(3)4)11-12-22(18)30-27-29-16-23-24(31-27)34(21-9-6-7-10-21)17-19(2)26(36)33(23)5/h11-12,15-16,19,21H,6-10,13-14,17H2,1-5H3,(H,28,35)(H,29,30,31). The highest BCUT2D eigenvalue weighted by Crippen LogP contribution is 2.37. The van der Waals surface area contributed by atoms with Crippen LogP contribution in [0.1, 0.15) is 54.9 Å². The van der Waals surface area contributed by atoms with Crippen molar-refractivity contribution >= 4 is 35.0 Å². The predicted octanol–water partition coefficient (Wildman–Crippen LogP) is 3.57. The van der Waals surface area contributed by atoms with Crippen molar-refractivity contribution in [1.82, 2.24) is 20.2 Å². The Morgan fingerprint density at radius 3 is 2.67 bits per heavy atom. The molecule has 36 heavy (non-hydrogen) atoms. The number of hydrogen-bond donors (Lipinski definition) is 2. The number of hydrogen-bond acceptors (Lipinski definition) is 7. The highest BCUT2D eigenvalue weighted by Gasteiger charge is 2.35. The summed E-state index contributed by atoms with van der Waals surface area (Å²) in [5, 5.41) is 6.32. The summed E-state index contributed by atoms with van der Waals surface area (Å²) in [5.41, 5.74) is 3.16. The first kappa shape index (κ1) is 25.9. The van der Waals surface area contributed by atoms with Gasteiger partial charge in [-0.05, 0) is 70.6 Å². The number of carbonyl (C=O) groups is 2. The van der Waals surface area contributed by atoms with E-state index in [0.29, 0.717) is 30.6 Å². The van der Waals surface area contributed by atoms with Crippen molar-refractivity contribution in [2.45, 2.75) is 52.0 Å². The van der Waals surface area contributed by atoms with Gasteiger partial charge in [-0.3, -0.25) is 9.59 Å². The summed E-state index contributed by atoms with van der Waals surface area (Å²) in [6.45, 7) is 6.20. The SMILES string of the molecule is Cc1cc(C(=O)NCCCN(C)C)ccc1Nc1ncc2c(n1)N(C1CCCC1)CC(C)C(=O)N2C. The van der Waals surface area contributed by atoms with Crippen molar-refractivity contribution < 1.29 is 9.59 Å². The molecule has 9 nitrogen and oxygen atoms in total. The first-order valence-electron chi connectivity index (χ1n) is 13.0. The summed E-state index contributed by atoms with van der Waals surface area (Å²) in [5.74, 6) is 1.21. The van der Waals surface area contributed by atoms with Gasteiger partial charge in [0.1, 0.15) is 5.69 Å². The maximum Gasteiger partial charge on any atom is 0.251 e. The molecule has 1 aromatic carbocycles. The highest BCUT2D eigenvalue weighted by atomic mass is 16.2. The van der Waals surface area contributed by atoms with E-state index in [-0.39, 0.29) is 17.7 Å². The summed E-state index contributed by atoms with van der Waals surface area (Å²) in [6, 6.07) is 5.99. The number of aromatic nitrogens is 2. The number of fused-ring (bicyclic) bond motifs is 1. The Labute approximate surface area is 214 Å². The molecular formula is C27H39N7O2. The van der Waals surface area contributed by atoms with Crippen LogP contribution >= 0.6 is 0 Å². The first-order chi connectivity index (χ1) is 17.2. The van der Waals surface area contributed by atoms with E-state index >= 15 is 0 Å². The van der Waals surface area contributed by atoms with Gasteiger partial charge >= 0.3 is 0 Å². The zero-order chi connectivity index (χ0) is 25.8. The quantitative estimate of drug-likeness (QED) is 0.543. The number of nitrogens with one attached hydrogen (secondary N) is 2. The van der Waals surface area contributed by atoms with Crippen molar-refractivity contribution in [3.05, 3.63) is 35.5 Å². The number of anilines is 4. The molecule has 2 amide bonds. The molecule has 1 atom stereocenters. The largest absolute Gasteiger partial charge is 0.352 e. The second kappa shape index (κ2) is 11.2. The molecule has 2 aliphatic rings. The molecule has 1 fully saturated rings. The van der Waals surface area contributed by atoms with Crippen LogP contribution in [0.15, 0.2) is 24.4 Å². The molecular weight excluding hydrogens is 454 g/mol. The fraction of sp³-hybridized carbons (Fsp3) is 0.556. The van der Waals surface area contributed by atoms with Gasteiger partial charge in [0.05, 0.1) is 12.1 Å². The Kier molecular flexibility index (Phi) is 8.08. The second-order valence-electron chi connectivity index (χ2n) is 10.4. The van der Waals surface area contributed by atoms with Crippen LogP contribution in [-0.2, 0) is 4.79 Å². The molecule has 2 aromatic rings. The lowest BCUT2D eigenvalue weighted by molar-refractivity contribution is -0.121. The van der Waals surface area contributed by atoms with Crippen molar-refractivity contribution in [3.8, 4) is 0 Å². The maximum atomic E-state index is 12.9. The summed E-state index contributed by atoms with van der Waals surface area (Å²) >= 11 is 0. The van der Waals surface area contributed by atoms with Gasteiger partial charge < -0.3 is 25.3 Å². The van der Waals surface area contributed by atoms with Gasteiger partial charge in [-0.2, -0.15) is 4.98 Å². The fourth-order valence-electron chi connectivity index (χ4n) is 5.09. The molecule has 0 spiro atoms. The van der Waals surface area contributed by atoms with Crippen molar-refractivity contribution in [2.75, 3.05) is 55.9 Å². The molecule has 194 valence electrons. The lowest BCUT2D eigenvalue weighted by Crippen LogP contribution is -2.38. The van der Waals surface area contributed by atoms with E-state index in [9.17, 15) is 9.59 Å². The average molecular weight is 494 g/mol. The summed E-state index contributed by atoms with van der Waals surface area (Å²) in [7, 11) is 5.85. The van der Waals surface area contributed by atoms with E-state index in [2.05, 4.69) is 25.4 Å². The zero-order valence-corrected chi connectivity index (χ0v) is 22.2. The minimum Gasteiger partial charge on any atom is -0.352 e. The number of nitrogens with zero attached hydrogens (tertiary/aromatic N) is 5. The monoisotopic (exact) mass is 493 g/mol. The van der Waals surface area contributed by atoms with Crippen LogP contribution in [0.5, 0.6) is 0 Å². The smallest absolute Gasteiger partial charge is 0.251 e. The number of benzene rings is 1. The molecule has 0 bridgehead atoms. The lowest BCUT2D eigenvalue weighted by atomic mass is 10.1. The van der Waals surface area contributed by atoms with Crippen LogP contribution in [0, 0.1) is 12.8 Å². The van der Waals surface area contributed by atoms with Crippen molar-refractivity contribution in [3.63, 3.8) is 0 Å². The molecule has 1 aliphatic heterocycles. The van der Waals surface area contributed by atoms with E-state index in [4.69, 9.17) is 4.98 Å². The van der Waals surface area contributed by atoms with E-state index in [1.54, 1.807) is 18.1 Å². The van der Waals surface area contributed by atoms with Gasteiger partial charge in [-0.1, -0.05) is 19.8 Å². The Morgan fingerprint density at radius 1 is 1.22 bits per heavy atom. The number of rotatable bonds is 8. The third kappa shape index (κ3) is 5.78. The Hall–Kier alpha value is -3.20. The Bertz CT molecular complexity index is 1100. The van der Waals surface area contributed by atoms with Gasteiger partial charge in [-0.15, -0.1) is 0 Å². The third-order valence-electron chi connectivity index (χ3n) is 7.17. The minimum atomic E-state index is -0.106. The van der Waals surface area contributed by atoms with Crippen LogP contribution in [0.4, 0.5) is 23.1 Å². The van der Waals surface area contributed by atoms with Gasteiger partial charge in [0, 0.05) is 37.4 Å². The molecule has 1 unspecified atom stereocenters. The predicted molar refractivity (Wildman–Crippen MR) is 144 cm³/mol. The highest BCUT2D eigenvalue weighted by molar-refractivity contribution is 5.99. The van der Waals surface area contributed by atoms with Crippen molar-refractivity contribution in [2.24, 2.45) is 5.92 Å². The second-order valence-corrected chi connectivity index (χ2v) is 10.4. The molecule has 1 saturated carbocycles. The van der Waals surface area contributed by atoms with E-state index in [1.165, 1.54) is 12.8 Å². The molecule has 4 rings (SSSR count). The third-order valence-corrected chi connectivity index (χ3v) is 7.17. The molecule has 1 aliphatic carbocycles. The maximum absolute atomic E-state index is 12.9. The van der Waals surface area contributed by atoms with Crippen LogP contribution in [0.3, 0.4) is 0 Å². The summed E-state index contributed by atoms with van der Waals surface area (Å²) in [4.78, 5) is 41.0. The molecule has 0 saturated heterocycles. The van der Waals surface area contributed by atoms with Gasteiger partial charge in [0.2, 0.25) is 11.9 Å². The average Bonchev–Trinajstić information content (AvgIpc) is 3.37. The molecule has 9 heteroatoms. The van der Waals surface area contributed by atoms with Gasteiger partial charge in [-0.25, -0.2) is 4.98 Å². The topological polar surface area (TPSA) is 93.7 Å². The Balaban J connectivity index is 1.52. The van der Waals surface area contributed by atoms with Crippen LogP contribution in [0.2, 0.25) is 0 Å². The number of aryl methyl sites for hydroxylation is 1. The number of amides is 2. The summed E-state index contributed by atoms with van der Waals surface area (Å²) in [6.07, 6.45) is 7.31. The van der Waals surface area contributed by atoms with Crippen LogP contribution < -0.4 is 20.4 Å². The minimum absolute atomic E-state index is 0.0706. The lowest BCUT2D eigenvalue weighted by Gasteiger charge is -2.31. The molecule has 2 heterocycles. The molecule has 1 aromatic heterocycles. The normalized spacial score (nSPS) is 18.4. The molecule has 2 N–H and O–H groups in total. The van der Waals surface area contributed by atoms with E-state index < -0.39 is 0 Å². The zero-order valence-electron chi connectivity index (χ0n) is 22.2.